The van der Waals surface area contributed by atoms with Crippen molar-refractivity contribution in [3.63, 3.8) is 0 Å². The monoisotopic (exact) mass is 346 g/mol. The Bertz CT molecular complexity index is 607. The predicted molar refractivity (Wildman–Crippen MR) is 99.4 cm³/mol. The molecule has 2 unspecified atom stereocenters. The molecule has 1 aromatic carbocycles. The molecular weight excluding hydrogens is 316 g/mol. The molecule has 1 aliphatic heterocycles. The average molecular weight is 346 g/mol. The number of alkyl carbamates (subject to hydrolysis) is 1. The largest absolute Gasteiger partial charge is 0.444 e. The fourth-order valence-corrected chi connectivity index (χ4v) is 3.40. The van der Waals surface area contributed by atoms with Crippen LogP contribution in [-0.4, -0.2) is 46.9 Å². The van der Waals surface area contributed by atoms with Crippen LogP contribution in [0.1, 0.15) is 46.2 Å². The Morgan fingerprint density at radius 2 is 2.04 bits per heavy atom. The van der Waals surface area contributed by atoms with Crippen molar-refractivity contribution >= 4 is 6.09 Å². The summed E-state index contributed by atoms with van der Waals surface area (Å²) in [5.41, 5.74) is 1.68. The number of likely N-dealkylation sites (tertiary alicyclic amines) is 1. The molecule has 1 aliphatic rings. The zero-order valence-corrected chi connectivity index (χ0v) is 15.8. The molecule has 25 heavy (non-hydrogen) atoms. The molecule has 2 rings (SSSR count). The van der Waals surface area contributed by atoms with Gasteiger partial charge in [-0.2, -0.15) is 0 Å². The van der Waals surface area contributed by atoms with E-state index in [1.807, 2.05) is 52.0 Å². The standard InChI is InChI=1S/C20H30N2O3/c1-6-16-17(21-19(24)25-20(3,4)5)12-22(18(16)13-23)14(2)15-10-8-7-9-11-15/h6-11,14,17-18,23H,12-13H2,1-5H3,(H,21,24)/b16-6+/t14-,17?,18?/m0/s1. The second kappa shape index (κ2) is 8.02. The van der Waals surface area contributed by atoms with E-state index >= 15 is 0 Å². The van der Waals surface area contributed by atoms with Crippen LogP contribution >= 0.6 is 0 Å². The van der Waals surface area contributed by atoms with Gasteiger partial charge < -0.3 is 15.2 Å². The summed E-state index contributed by atoms with van der Waals surface area (Å²) in [7, 11) is 0. The zero-order chi connectivity index (χ0) is 18.6. The molecule has 5 heteroatoms. The second-order valence-corrected chi connectivity index (χ2v) is 7.47. The van der Waals surface area contributed by atoms with Gasteiger partial charge in [-0.1, -0.05) is 36.4 Å². The normalized spacial score (nSPS) is 24.3. The highest BCUT2D eigenvalue weighted by molar-refractivity contribution is 5.69. The Hall–Kier alpha value is -1.85. The first-order valence-electron chi connectivity index (χ1n) is 8.84. The van der Waals surface area contributed by atoms with Gasteiger partial charge in [0.05, 0.1) is 18.7 Å². The maximum Gasteiger partial charge on any atom is 0.408 e. The summed E-state index contributed by atoms with van der Waals surface area (Å²) in [6.07, 6.45) is 1.56. The van der Waals surface area contributed by atoms with Gasteiger partial charge in [0, 0.05) is 12.6 Å². The van der Waals surface area contributed by atoms with Gasteiger partial charge in [-0.15, -0.1) is 0 Å². The summed E-state index contributed by atoms with van der Waals surface area (Å²) in [6, 6.07) is 10.1. The molecule has 5 nitrogen and oxygen atoms in total. The lowest BCUT2D eigenvalue weighted by Gasteiger charge is -2.30. The van der Waals surface area contributed by atoms with E-state index in [0.717, 1.165) is 5.57 Å². The van der Waals surface area contributed by atoms with E-state index in [9.17, 15) is 9.90 Å². The molecule has 2 N–H and O–H groups in total. The smallest absolute Gasteiger partial charge is 0.408 e. The Balaban J connectivity index is 2.17. The van der Waals surface area contributed by atoms with Crippen LogP contribution in [0.2, 0.25) is 0 Å². The lowest BCUT2D eigenvalue weighted by Crippen LogP contribution is -2.41. The predicted octanol–water partition coefficient (Wildman–Crippen LogP) is 3.26. The van der Waals surface area contributed by atoms with E-state index in [4.69, 9.17) is 4.74 Å². The minimum Gasteiger partial charge on any atom is -0.444 e. The van der Waals surface area contributed by atoms with E-state index in [-0.39, 0.29) is 24.7 Å². The molecule has 0 bridgehead atoms. The fraction of sp³-hybridized carbons (Fsp3) is 0.550. The van der Waals surface area contributed by atoms with Crippen LogP contribution in [0.25, 0.3) is 0 Å². The van der Waals surface area contributed by atoms with Gasteiger partial charge in [0.15, 0.2) is 0 Å². The van der Waals surface area contributed by atoms with Crippen LogP contribution in [0.4, 0.5) is 4.79 Å². The zero-order valence-electron chi connectivity index (χ0n) is 15.8. The summed E-state index contributed by atoms with van der Waals surface area (Å²) < 4.78 is 5.38. The Morgan fingerprint density at radius 1 is 1.40 bits per heavy atom. The van der Waals surface area contributed by atoms with Gasteiger partial charge in [0.2, 0.25) is 0 Å². The van der Waals surface area contributed by atoms with Gasteiger partial charge >= 0.3 is 6.09 Å². The summed E-state index contributed by atoms with van der Waals surface area (Å²) in [5.74, 6) is 0. The molecule has 1 saturated heterocycles. The molecule has 0 aliphatic carbocycles. The Kier molecular flexibility index (Phi) is 6.25. The highest BCUT2D eigenvalue weighted by atomic mass is 16.6. The van der Waals surface area contributed by atoms with E-state index in [1.165, 1.54) is 5.56 Å². The molecule has 0 aromatic heterocycles. The molecule has 1 amide bonds. The van der Waals surface area contributed by atoms with Gasteiger partial charge in [-0.3, -0.25) is 4.90 Å². The number of carbonyl (C=O) groups excluding carboxylic acids is 1. The average Bonchev–Trinajstić information content (AvgIpc) is 2.90. The number of hydrogen-bond donors (Lipinski definition) is 2. The van der Waals surface area contributed by atoms with Crippen LogP contribution in [0.15, 0.2) is 42.0 Å². The Labute approximate surface area is 150 Å². The summed E-state index contributed by atoms with van der Waals surface area (Å²) >= 11 is 0. The number of amides is 1. The van der Waals surface area contributed by atoms with E-state index < -0.39 is 11.7 Å². The second-order valence-electron chi connectivity index (χ2n) is 7.47. The quantitative estimate of drug-likeness (QED) is 0.822. The third-order valence-electron chi connectivity index (χ3n) is 4.56. The first-order chi connectivity index (χ1) is 11.8. The highest BCUT2D eigenvalue weighted by Gasteiger charge is 2.39. The number of rotatable bonds is 4. The third-order valence-corrected chi connectivity index (χ3v) is 4.56. The van der Waals surface area contributed by atoms with Crippen LogP contribution in [0.3, 0.4) is 0 Å². The Morgan fingerprint density at radius 3 is 2.56 bits per heavy atom. The molecular formula is C20H30N2O3. The van der Waals surface area contributed by atoms with Crippen molar-refractivity contribution < 1.29 is 14.6 Å². The lowest BCUT2D eigenvalue weighted by molar-refractivity contribution is 0.0509. The molecule has 3 atom stereocenters. The van der Waals surface area contributed by atoms with Crippen LogP contribution in [-0.2, 0) is 4.74 Å². The minimum absolute atomic E-state index is 0.0172. The van der Waals surface area contributed by atoms with Gasteiger partial charge in [0.25, 0.3) is 0 Å². The van der Waals surface area contributed by atoms with Crippen molar-refractivity contribution in [1.29, 1.82) is 0 Å². The van der Waals surface area contributed by atoms with Crippen molar-refractivity contribution in [3.05, 3.63) is 47.5 Å². The number of aliphatic hydroxyl groups is 1. The SMILES string of the molecule is C/C=C1\C(NC(=O)OC(C)(C)C)CN([C@@H](C)c2ccccc2)C1CO. The topological polar surface area (TPSA) is 61.8 Å². The number of nitrogens with zero attached hydrogens (tertiary/aromatic N) is 1. The molecule has 1 aromatic rings. The summed E-state index contributed by atoms with van der Waals surface area (Å²) in [6.45, 7) is 10.3. The highest BCUT2D eigenvalue weighted by Crippen LogP contribution is 2.32. The number of aliphatic hydroxyl groups excluding tert-OH is 1. The summed E-state index contributed by atoms with van der Waals surface area (Å²) in [4.78, 5) is 14.4. The molecule has 0 spiro atoms. The molecule has 0 radical (unpaired) electrons. The van der Waals surface area contributed by atoms with Gasteiger partial charge in [-0.25, -0.2) is 4.79 Å². The number of nitrogens with one attached hydrogen (secondary N) is 1. The van der Waals surface area contributed by atoms with Crippen LogP contribution < -0.4 is 5.32 Å². The molecule has 1 heterocycles. The van der Waals surface area contributed by atoms with Gasteiger partial charge in [0.1, 0.15) is 5.60 Å². The van der Waals surface area contributed by atoms with Crippen molar-refractivity contribution in [2.45, 2.75) is 58.3 Å². The molecule has 1 fully saturated rings. The van der Waals surface area contributed by atoms with E-state index in [1.54, 1.807) is 0 Å². The van der Waals surface area contributed by atoms with Crippen molar-refractivity contribution in [2.75, 3.05) is 13.2 Å². The number of ether oxygens (including phenoxy) is 1. The molecule has 0 saturated carbocycles. The van der Waals surface area contributed by atoms with Gasteiger partial charge in [-0.05, 0) is 45.8 Å². The number of carbonyl (C=O) groups is 1. The first kappa shape index (κ1) is 19.5. The third kappa shape index (κ3) is 4.83. The van der Waals surface area contributed by atoms with Crippen molar-refractivity contribution in [1.82, 2.24) is 10.2 Å². The maximum atomic E-state index is 12.2. The minimum atomic E-state index is -0.536. The van der Waals surface area contributed by atoms with Crippen molar-refractivity contribution in [2.24, 2.45) is 0 Å². The summed E-state index contributed by atoms with van der Waals surface area (Å²) in [5, 5.41) is 12.9. The van der Waals surface area contributed by atoms with E-state index in [2.05, 4.69) is 29.3 Å². The maximum absolute atomic E-state index is 12.2. The van der Waals surface area contributed by atoms with Crippen LogP contribution in [0, 0.1) is 0 Å². The fourth-order valence-electron chi connectivity index (χ4n) is 3.40. The first-order valence-corrected chi connectivity index (χ1v) is 8.84. The van der Waals surface area contributed by atoms with Crippen molar-refractivity contribution in [3.8, 4) is 0 Å². The number of benzene rings is 1. The number of allylic oxidation sites excluding steroid dienone is 1. The van der Waals surface area contributed by atoms with Crippen LogP contribution in [0.5, 0.6) is 0 Å². The molecule has 138 valence electrons. The van der Waals surface area contributed by atoms with E-state index in [0.29, 0.717) is 6.54 Å². The lowest BCUT2D eigenvalue weighted by atomic mass is 10.0. The number of hydrogen-bond acceptors (Lipinski definition) is 4.